The Hall–Kier alpha value is -3.55. The molecule has 3 heterocycles. The third kappa shape index (κ3) is 3.90. The van der Waals surface area contributed by atoms with E-state index in [-0.39, 0.29) is 12.1 Å². The highest BCUT2D eigenvalue weighted by Gasteiger charge is 2.20. The first-order valence-electron chi connectivity index (χ1n) is 10.2. The number of hydrogen-bond acceptors (Lipinski definition) is 5. The van der Waals surface area contributed by atoms with E-state index in [0.29, 0.717) is 38.0 Å². The van der Waals surface area contributed by atoms with Crippen molar-refractivity contribution < 1.29 is 0 Å². The number of hydrogen-bond donors (Lipinski definition) is 0. The zero-order chi connectivity index (χ0) is 23.1. The fraction of sp³-hybridized carbons (Fsp3) is 0.125. The Morgan fingerprint density at radius 3 is 2.48 bits per heavy atom. The molecule has 5 aromatic rings. The molecule has 164 valence electrons. The lowest BCUT2D eigenvalue weighted by atomic mass is 10.2. The van der Waals surface area contributed by atoms with Crippen LogP contribution in [0.25, 0.3) is 28.0 Å². The van der Waals surface area contributed by atoms with Gasteiger partial charge in [-0.15, -0.1) is 0 Å². The molecule has 0 aliphatic rings. The highest BCUT2D eigenvalue weighted by Crippen LogP contribution is 2.29. The summed E-state index contributed by atoms with van der Waals surface area (Å²) in [5.74, 6) is 0.443. The summed E-state index contributed by atoms with van der Waals surface area (Å²) in [6, 6.07) is 12.9. The molecule has 5 rings (SSSR count). The number of para-hydroxylation sites is 1. The highest BCUT2D eigenvalue weighted by molar-refractivity contribution is 6.38. The normalized spacial score (nSPS) is 11.3. The molecule has 0 unspecified atom stereocenters. The highest BCUT2D eigenvalue weighted by atomic mass is 35.5. The molecule has 0 saturated carbocycles. The fourth-order valence-corrected chi connectivity index (χ4v) is 4.26. The summed E-state index contributed by atoms with van der Waals surface area (Å²) in [6.07, 6.45) is 5.03. The average molecular weight is 477 g/mol. The lowest BCUT2D eigenvalue weighted by Gasteiger charge is -2.14. The number of benzene rings is 2. The van der Waals surface area contributed by atoms with Gasteiger partial charge in [-0.05, 0) is 38.1 Å². The van der Waals surface area contributed by atoms with Crippen molar-refractivity contribution >= 4 is 34.1 Å². The number of fused-ring (bicyclic) bond motifs is 1. The van der Waals surface area contributed by atoms with Gasteiger partial charge in [0.1, 0.15) is 5.82 Å². The van der Waals surface area contributed by atoms with E-state index in [1.54, 1.807) is 35.3 Å². The topological polar surface area (TPSA) is 78.5 Å². The minimum Gasteiger partial charge on any atom is -0.286 e. The largest absolute Gasteiger partial charge is 0.286 e. The molecule has 0 bridgehead atoms. The summed E-state index contributed by atoms with van der Waals surface area (Å²) >= 11 is 12.6. The van der Waals surface area contributed by atoms with Gasteiger partial charge < -0.3 is 0 Å². The SMILES string of the molecule is Cc1cnc(Cn2c(-c3cnn(-c4ccccc4)c3C)nc3c(Cl)cc(Cl)cc3c2=O)cn1. The first-order chi connectivity index (χ1) is 15.9. The molecule has 0 N–H and O–H groups in total. The van der Waals surface area contributed by atoms with Gasteiger partial charge in [-0.3, -0.25) is 19.3 Å². The van der Waals surface area contributed by atoms with Crippen LogP contribution < -0.4 is 5.56 Å². The maximum Gasteiger partial charge on any atom is 0.262 e. The summed E-state index contributed by atoms with van der Waals surface area (Å²) in [6.45, 7) is 3.98. The van der Waals surface area contributed by atoms with Gasteiger partial charge in [-0.1, -0.05) is 41.4 Å². The number of rotatable bonds is 4. The second-order valence-corrected chi connectivity index (χ2v) is 8.49. The summed E-state index contributed by atoms with van der Waals surface area (Å²) in [5, 5.41) is 5.57. The molecule has 0 radical (unpaired) electrons. The molecule has 7 nitrogen and oxygen atoms in total. The number of nitrogens with zero attached hydrogens (tertiary/aromatic N) is 6. The number of aryl methyl sites for hydroxylation is 1. The Labute approximate surface area is 199 Å². The maximum atomic E-state index is 13.6. The van der Waals surface area contributed by atoms with Crippen molar-refractivity contribution in [3.8, 4) is 17.1 Å². The van der Waals surface area contributed by atoms with Gasteiger partial charge >= 0.3 is 0 Å². The van der Waals surface area contributed by atoms with Crippen molar-refractivity contribution in [3.05, 3.63) is 98.5 Å². The van der Waals surface area contributed by atoms with E-state index >= 15 is 0 Å². The zero-order valence-electron chi connectivity index (χ0n) is 17.8. The van der Waals surface area contributed by atoms with E-state index in [4.69, 9.17) is 28.2 Å². The Bertz CT molecular complexity index is 1540. The second-order valence-electron chi connectivity index (χ2n) is 7.65. The second kappa shape index (κ2) is 8.42. The van der Waals surface area contributed by atoms with Crippen molar-refractivity contribution in [1.82, 2.24) is 29.3 Å². The van der Waals surface area contributed by atoms with Crippen LogP contribution in [0.15, 0.2) is 65.8 Å². The summed E-state index contributed by atoms with van der Waals surface area (Å²) in [7, 11) is 0. The maximum absolute atomic E-state index is 13.6. The quantitative estimate of drug-likeness (QED) is 0.364. The van der Waals surface area contributed by atoms with Gasteiger partial charge in [0, 0.05) is 11.2 Å². The molecule has 0 fully saturated rings. The van der Waals surface area contributed by atoms with Gasteiger partial charge in [-0.25, -0.2) is 9.67 Å². The predicted molar refractivity (Wildman–Crippen MR) is 129 cm³/mol. The average Bonchev–Trinajstić information content (AvgIpc) is 3.19. The Morgan fingerprint density at radius 2 is 1.76 bits per heavy atom. The molecular weight excluding hydrogens is 459 g/mol. The standard InChI is InChI=1S/C24H18Cl2N6O/c1-14-10-28-17(11-27-14)13-31-23(30-22-19(24(31)33)8-16(25)9-21(22)26)20-12-29-32(15(20)2)18-6-4-3-5-7-18/h3-12H,13H2,1-2H3. The Morgan fingerprint density at radius 1 is 0.970 bits per heavy atom. The number of aromatic nitrogens is 6. The van der Waals surface area contributed by atoms with Crippen molar-refractivity contribution in [1.29, 1.82) is 0 Å². The van der Waals surface area contributed by atoms with Crippen LogP contribution in [-0.4, -0.2) is 29.3 Å². The molecule has 0 amide bonds. The van der Waals surface area contributed by atoms with E-state index in [2.05, 4.69) is 15.1 Å². The van der Waals surface area contributed by atoms with Crippen LogP contribution in [0.2, 0.25) is 10.0 Å². The molecule has 0 atom stereocenters. The van der Waals surface area contributed by atoms with E-state index in [9.17, 15) is 4.79 Å². The van der Waals surface area contributed by atoms with Crippen LogP contribution in [-0.2, 0) is 6.54 Å². The van der Waals surface area contributed by atoms with Gasteiger partial charge in [-0.2, -0.15) is 5.10 Å². The van der Waals surface area contributed by atoms with Crippen molar-refractivity contribution in [2.75, 3.05) is 0 Å². The molecule has 0 aliphatic carbocycles. The third-order valence-corrected chi connectivity index (χ3v) is 5.89. The van der Waals surface area contributed by atoms with Crippen LogP contribution in [0.5, 0.6) is 0 Å². The Kier molecular flexibility index (Phi) is 5.44. The van der Waals surface area contributed by atoms with Crippen molar-refractivity contribution in [2.24, 2.45) is 0 Å². The van der Waals surface area contributed by atoms with Crippen LogP contribution in [0.1, 0.15) is 17.1 Å². The molecule has 0 spiro atoms. The van der Waals surface area contributed by atoms with Crippen LogP contribution >= 0.6 is 23.2 Å². The van der Waals surface area contributed by atoms with Gasteiger partial charge in [0.2, 0.25) is 0 Å². The minimum absolute atomic E-state index is 0.185. The smallest absolute Gasteiger partial charge is 0.262 e. The summed E-state index contributed by atoms with van der Waals surface area (Å²) < 4.78 is 3.37. The van der Waals surface area contributed by atoms with Gasteiger partial charge in [0.05, 0.1) is 63.2 Å². The first-order valence-corrected chi connectivity index (χ1v) is 11.0. The molecule has 2 aromatic carbocycles. The molecular formula is C24H18Cl2N6O. The number of halogens is 2. The predicted octanol–water partition coefficient (Wildman–Crippen LogP) is 5.01. The van der Waals surface area contributed by atoms with Crippen LogP contribution in [0.4, 0.5) is 0 Å². The molecule has 0 saturated heterocycles. The van der Waals surface area contributed by atoms with E-state index in [1.165, 1.54) is 0 Å². The lowest BCUT2D eigenvalue weighted by Crippen LogP contribution is -2.25. The third-order valence-electron chi connectivity index (χ3n) is 5.38. The monoisotopic (exact) mass is 476 g/mol. The van der Waals surface area contributed by atoms with E-state index < -0.39 is 0 Å². The van der Waals surface area contributed by atoms with Crippen molar-refractivity contribution in [3.63, 3.8) is 0 Å². The Balaban J connectivity index is 1.76. The van der Waals surface area contributed by atoms with Crippen LogP contribution in [0.3, 0.4) is 0 Å². The summed E-state index contributed by atoms with van der Waals surface area (Å²) in [5.41, 5.74) is 4.00. The molecule has 3 aromatic heterocycles. The van der Waals surface area contributed by atoms with E-state index in [1.807, 2.05) is 48.9 Å². The van der Waals surface area contributed by atoms with E-state index in [0.717, 1.165) is 17.1 Å². The van der Waals surface area contributed by atoms with Gasteiger partial charge in [0.25, 0.3) is 5.56 Å². The van der Waals surface area contributed by atoms with Crippen molar-refractivity contribution in [2.45, 2.75) is 20.4 Å². The molecule has 9 heteroatoms. The summed E-state index contributed by atoms with van der Waals surface area (Å²) in [4.78, 5) is 27.1. The first kappa shape index (κ1) is 21.3. The van der Waals surface area contributed by atoms with Gasteiger partial charge in [0.15, 0.2) is 0 Å². The zero-order valence-corrected chi connectivity index (χ0v) is 19.3. The molecule has 0 aliphatic heterocycles. The molecule has 33 heavy (non-hydrogen) atoms. The van der Waals surface area contributed by atoms with Crippen LogP contribution in [0, 0.1) is 13.8 Å². The fourth-order valence-electron chi connectivity index (χ4n) is 3.72. The lowest BCUT2D eigenvalue weighted by molar-refractivity contribution is 0.733. The minimum atomic E-state index is -0.270.